The van der Waals surface area contributed by atoms with E-state index >= 15 is 0 Å². The lowest BCUT2D eigenvalue weighted by Gasteiger charge is -2.43. The van der Waals surface area contributed by atoms with Crippen LogP contribution in [0, 0.1) is 0 Å². The molecule has 2 atom stereocenters. The third-order valence-corrected chi connectivity index (χ3v) is 4.50. The number of nitrogens with two attached hydrogens (primary N) is 1. The van der Waals surface area contributed by atoms with Crippen LogP contribution in [0.4, 0.5) is 0 Å². The Morgan fingerprint density at radius 1 is 1.45 bits per heavy atom. The van der Waals surface area contributed by atoms with Crippen LogP contribution >= 0.6 is 0 Å². The summed E-state index contributed by atoms with van der Waals surface area (Å²) < 4.78 is 0. The number of unbranched alkanes of at least 4 members (excludes halogenated alkanes) is 2. The zero-order valence-electron chi connectivity index (χ0n) is 13.7. The van der Waals surface area contributed by atoms with Crippen LogP contribution in [0.25, 0.3) is 0 Å². The molecule has 1 rings (SSSR count). The van der Waals surface area contributed by atoms with Crippen molar-refractivity contribution in [1.29, 1.82) is 0 Å². The lowest BCUT2D eigenvalue weighted by Crippen LogP contribution is -2.62. The van der Waals surface area contributed by atoms with Gasteiger partial charge in [-0.05, 0) is 59.5 Å². The summed E-state index contributed by atoms with van der Waals surface area (Å²) in [7, 11) is 2.19. The fourth-order valence-electron chi connectivity index (χ4n) is 3.39. The average Bonchev–Trinajstić information content (AvgIpc) is 2.38. The number of rotatable bonds is 8. The van der Waals surface area contributed by atoms with Crippen LogP contribution in [0.5, 0.6) is 0 Å². The van der Waals surface area contributed by atoms with E-state index in [2.05, 4.69) is 38.0 Å². The van der Waals surface area contributed by atoms with Crippen LogP contribution in [0.3, 0.4) is 0 Å². The average molecular weight is 283 g/mol. The van der Waals surface area contributed by atoms with Gasteiger partial charge >= 0.3 is 0 Å². The first kappa shape index (κ1) is 17.4. The van der Waals surface area contributed by atoms with E-state index in [9.17, 15) is 4.79 Å². The topological polar surface area (TPSA) is 58.4 Å². The van der Waals surface area contributed by atoms with Gasteiger partial charge < -0.3 is 16.0 Å². The summed E-state index contributed by atoms with van der Waals surface area (Å²) >= 11 is 0. The van der Waals surface area contributed by atoms with Crippen molar-refractivity contribution in [1.82, 2.24) is 10.2 Å². The molecule has 3 N–H and O–H groups in total. The molecule has 4 heteroatoms. The van der Waals surface area contributed by atoms with E-state index in [1.807, 2.05) is 0 Å². The molecule has 1 aliphatic carbocycles. The number of hydrogen-bond acceptors (Lipinski definition) is 3. The van der Waals surface area contributed by atoms with Crippen LogP contribution in [0.15, 0.2) is 0 Å². The Kier molecular flexibility index (Phi) is 6.96. The Bertz CT molecular complexity index is 306. The van der Waals surface area contributed by atoms with Gasteiger partial charge in [0.1, 0.15) is 0 Å². The van der Waals surface area contributed by atoms with Gasteiger partial charge in [-0.3, -0.25) is 4.79 Å². The van der Waals surface area contributed by atoms with E-state index in [0.29, 0.717) is 6.04 Å². The quantitative estimate of drug-likeness (QED) is 0.672. The third kappa shape index (κ3) is 4.74. The second-order valence-electron chi connectivity index (χ2n) is 6.68. The van der Waals surface area contributed by atoms with E-state index in [-0.39, 0.29) is 11.9 Å². The van der Waals surface area contributed by atoms with Crippen molar-refractivity contribution in [3.63, 3.8) is 0 Å². The molecule has 1 aliphatic rings. The molecule has 0 aromatic rings. The summed E-state index contributed by atoms with van der Waals surface area (Å²) in [6.45, 7) is 7.51. The highest BCUT2D eigenvalue weighted by atomic mass is 16.1. The van der Waals surface area contributed by atoms with E-state index in [4.69, 9.17) is 5.73 Å². The second kappa shape index (κ2) is 7.99. The normalized spacial score (nSPS) is 27.2. The van der Waals surface area contributed by atoms with E-state index in [0.717, 1.165) is 25.8 Å². The first-order valence-corrected chi connectivity index (χ1v) is 8.19. The molecule has 0 radical (unpaired) electrons. The van der Waals surface area contributed by atoms with Gasteiger partial charge in [-0.2, -0.15) is 0 Å². The Morgan fingerprint density at radius 2 is 2.15 bits per heavy atom. The number of hydrogen-bond donors (Lipinski definition) is 2. The van der Waals surface area contributed by atoms with Crippen molar-refractivity contribution < 1.29 is 4.79 Å². The molecule has 0 aromatic heterocycles. The summed E-state index contributed by atoms with van der Waals surface area (Å²) in [5.41, 5.74) is 5.21. The van der Waals surface area contributed by atoms with Crippen molar-refractivity contribution in [3.8, 4) is 0 Å². The predicted molar refractivity (Wildman–Crippen MR) is 84.6 cm³/mol. The molecule has 1 fully saturated rings. The van der Waals surface area contributed by atoms with Crippen molar-refractivity contribution >= 4 is 5.91 Å². The van der Waals surface area contributed by atoms with Crippen LogP contribution in [-0.4, -0.2) is 42.0 Å². The first-order chi connectivity index (χ1) is 9.41. The maximum absolute atomic E-state index is 12.0. The minimum absolute atomic E-state index is 0.183. The number of carbonyl (C=O) groups excluding carboxylic acids is 1. The molecule has 0 saturated heterocycles. The Hall–Kier alpha value is -0.610. The first-order valence-electron chi connectivity index (χ1n) is 8.19. The molecule has 0 heterocycles. The van der Waals surface area contributed by atoms with Gasteiger partial charge in [-0.25, -0.2) is 0 Å². The molecule has 4 nitrogen and oxygen atoms in total. The third-order valence-electron chi connectivity index (χ3n) is 4.50. The molecule has 0 bridgehead atoms. The minimum Gasteiger partial charge on any atom is -0.368 e. The summed E-state index contributed by atoms with van der Waals surface area (Å²) in [6, 6.07) is 0.756. The number of nitrogens with one attached hydrogen (secondary N) is 1. The maximum atomic E-state index is 12.0. The summed E-state index contributed by atoms with van der Waals surface area (Å²) in [5.74, 6) is -0.183. The second-order valence-corrected chi connectivity index (χ2v) is 6.68. The van der Waals surface area contributed by atoms with Crippen LogP contribution in [0.1, 0.15) is 65.7 Å². The largest absolute Gasteiger partial charge is 0.368 e. The van der Waals surface area contributed by atoms with Crippen LogP contribution in [-0.2, 0) is 4.79 Å². The molecule has 20 heavy (non-hydrogen) atoms. The van der Waals surface area contributed by atoms with E-state index < -0.39 is 5.54 Å². The van der Waals surface area contributed by atoms with Gasteiger partial charge in [-0.1, -0.05) is 19.8 Å². The summed E-state index contributed by atoms with van der Waals surface area (Å²) in [5, 5.41) is 3.45. The van der Waals surface area contributed by atoms with Gasteiger partial charge in [0, 0.05) is 12.1 Å². The highest BCUT2D eigenvalue weighted by molar-refractivity contribution is 5.85. The maximum Gasteiger partial charge on any atom is 0.237 e. The van der Waals surface area contributed by atoms with Crippen molar-refractivity contribution in [3.05, 3.63) is 0 Å². The van der Waals surface area contributed by atoms with Crippen LogP contribution in [0.2, 0.25) is 0 Å². The standard InChI is InChI=1S/C16H33N3O/c1-5-6-7-11-19(4)14-9-8-10-16(12-14,15(17)20)18-13(2)3/h13-14,18H,5-12H2,1-4H3,(H2,17,20). The molecule has 2 unspecified atom stereocenters. The highest BCUT2D eigenvalue weighted by Crippen LogP contribution is 2.31. The van der Waals surface area contributed by atoms with E-state index in [1.54, 1.807) is 0 Å². The molecule has 1 amide bonds. The van der Waals surface area contributed by atoms with Gasteiger partial charge in [0.15, 0.2) is 0 Å². The zero-order valence-corrected chi connectivity index (χ0v) is 13.7. The number of primary amides is 1. The van der Waals surface area contributed by atoms with E-state index in [1.165, 1.54) is 25.7 Å². The Labute approximate surface area is 124 Å². The summed E-state index contributed by atoms with van der Waals surface area (Å²) in [4.78, 5) is 14.4. The molecule has 0 aromatic carbocycles. The molecule has 0 spiro atoms. The zero-order chi connectivity index (χ0) is 15.2. The van der Waals surface area contributed by atoms with Gasteiger partial charge in [-0.15, -0.1) is 0 Å². The number of amides is 1. The van der Waals surface area contributed by atoms with Crippen LogP contribution < -0.4 is 11.1 Å². The number of carbonyl (C=O) groups is 1. The minimum atomic E-state index is -0.504. The molecule has 0 aliphatic heterocycles. The van der Waals surface area contributed by atoms with Gasteiger partial charge in [0.2, 0.25) is 5.91 Å². The Morgan fingerprint density at radius 3 is 2.70 bits per heavy atom. The predicted octanol–water partition coefficient (Wildman–Crippen LogP) is 2.27. The molecular formula is C16H33N3O. The monoisotopic (exact) mass is 283 g/mol. The van der Waals surface area contributed by atoms with Crippen molar-refractivity contribution in [2.75, 3.05) is 13.6 Å². The Balaban J connectivity index is 2.64. The van der Waals surface area contributed by atoms with Gasteiger partial charge in [0.25, 0.3) is 0 Å². The van der Waals surface area contributed by atoms with Crippen molar-refractivity contribution in [2.24, 2.45) is 5.73 Å². The SMILES string of the molecule is CCCCCN(C)C1CCCC(NC(C)C)(C(N)=O)C1. The number of nitrogens with zero attached hydrogens (tertiary/aromatic N) is 1. The molecule has 118 valence electrons. The highest BCUT2D eigenvalue weighted by Gasteiger charge is 2.42. The molecular weight excluding hydrogens is 250 g/mol. The lowest BCUT2D eigenvalue weighted by molar-refractivity contribution is -0.127. The summed E-state index contributed by atoms with van der Waals surface area (Å²) in [6.07, 6.45) is 7.75. The fraction of sp³-hybridized carbons (Fsp3) is 0.938. The fourth-order valence-corrected chi connectivity index (χ4v) is 3.39. The van der Waals surface area contributed by atoms with Gasteiger partial charge in [0.05, 0.1) is 5.54 Å². The smallest absolute Gasteiger partial charge is 0.237 e. The lowest BCUT2D eigenvalue weighted by atomic mass is 9.77. The van der Waals surface area contributed by atoms with Crippen molar-refractivity contribution in [2.45, 2.75) is 83.3 Å². The molecule has 1 saturated carbocycles.